The highest BCUT2D eigenvalue weighted by Crippen LogP contribution is 1.92. The number of nitrogens with two attached hydrogens (primary N) is 2. The summed E-state index contributed by atoms with van der Waals surface area (Å²) in [7, 11) is 0. The first-order valence-corrected chi connectivity index (χ1v) is 4.19. The molecule has 1 aromatic rings. The van der Waals surface area contributed by atoms with E-state index in [0.717, 1.165) is 0 Å². The summed E-state index contributed by atoms with van der Waals surface area (Å²) >= 11 is 0. The molecule has 0 saturated heterocycles. The summed E-state index contributed by atoms with van der Waals surface area (Å²) < 4.78 is 0. The fourth-order valence-corrected chi connectivity index (χ4v) is 0.534. The summed E-state index contributed by atoms with van der Waals surface area (Å²) in [5.74, 6) is 0. The van der Waals surface area contributed by atoms with Crippen molar-refractivity contribution in [1.29, 1.82) is 0 Å². The molecule has 0 atom stereocenters. The molecule has 0 heterocycles. The second-order valence-corrected chi connectivity index (χ2v) is 2.06. The molecule has 0 saturated carbocycles. The van der Waals surface area contributed by atoms with Gasteiger partial charge < -0.3 is 11.5 Å². The number of benzene rings is 1. The van der Waals surface area contributed by atoms with Crippen molar-refractivity contribution in [2.45, 2.75) is 6.92 Å². The predicted molar refractivity (Wildman–Crippen MR) is 67.5 cm³/mol. The van der Waals surface area contributed by atoms with E-state index in [0.29, 0.717) is 0 Å². The normalized spacial score (nSPS) is 6.20. The molecular formula is C12H20N2O. The largest absolute Gasteiger partial charge is 0.352 e. The number of carbonyl (C=O) groups excluding carboxylic acids is 1. The highest BCUT2D eigenvalue weighted by atomic mass is 16.2. The summed E-state index contributed by atoms with van der Waals surface area (Å²) in [6, 6.07) is 9.43. The highest BCUT2D eigenvalue weighted by Gasteiger charge is 1.72. The van der Waals surface area contributed by atoms with Gasteiger partial charge in [0.15, 0.2) is 0 Å². The van der Waals surface area contributed by atoms with E-state index in [1.807, 2.05) is 18.2 Å². The van der Waals surface area contributed by atoms with Crippen LogP contribution in [-0.2, 0) is 0 Å². The number of hydrogen-bond acceptors (Lipinski definition) is 1. The van der Waals surface area contributed by atoms with Crippen LogP contribution in [0, 0.1) is 6.92 Å². The fourth-order valence-electron chi connectivity index (χ4n) is 0.534. The highest BCUT2D eigenvalue weighted by molar-refractivity contribution is 5.69. The summed E-state index contributed by atoms with van der Waals surface area (Å²) in [6.45, 7) is 14.1. The van der Waals surface area contributed by atoms with Crippen LogP contribution in [0.3, 0.4) is 0 Å². The van der Waals surface area contributed by atoms with E-state index < -0.39 is 6.03 Å². The molecular weight excluding hydrogens is 188 g/mol. The number of rotatable bonds is 0. The lowest BCUT2D eigenvalue weighted by Gasteiger charge is -1.82. The van der Waals surface area contributed by atoms with Gasteiger partial charge in [0.1, 0.15) is 0 Å². The Labute approximate surface area is 92.1 Å². The third-order valence-electron chi connectivity index (χ3n) is 0.940. The zero-order valence-corrected chi connectivity index (χ0v) is 9.28. The minimum Gasteiger partial charge on any atom is -0.352 e. The maximum Gasteiger partial charge on any atom is 0.309 e. The zero-order valence-electron chi connectivity index (χ0n) is 9.28. The van der Waals surface area contributed by atoms with E-state index in [9.17, 15) is 0 Å². The van der Waals surface area contributed by atoms with Gasteiger partial charge in [-0.05, 0) is 6.92 Å². The molecule has 3 nitrogen and oxygen atoms in total. The first-order valence-electron chi connectivity index (χ1n) is 4.19. The second-order valence-electron chi connectivity index (χ2n) is 2.06. The maximum atomic E-state index is 9.00. The fraction of sp³-hybridized carbons (Fsp3) is 0.0833. The Kier molecular flexibility index (Phi) is 22.3. The number of amides is 2. The van der Waals surface area contributed by atoms with E-state index in [-0.39, 0.29) is 0 Å². The maximum absolute atomic E-state index is 9.00. The summed E-state index contributed by atoms with van der Waals surface area (Å²) in [4.78, 5) is 9.00. The minimum atomic E-state index is -0.833. The molecule has 0 unspecified atom stereocenters. The molecule has 0 aliphatic rings. The first-order chi connectivity index (χ1) is 7.13. The van der Waals surface area contributed by atoms with Crippen molar-refractivity contribution in [2.24, 2.45) is 11.5 Å². The smallest absolute Gasteiger partial charge is 0.309 e. The lowest BCUT2D eigenvalue weighted by Crippen LogP contribution is -2.18. The van der Waals surface area contributed by atoms with E-state index >= 15 is 0 Å². The van der Waals surface area contributed by atoms with Crippen molar-refractivity contribution < 1.29 is 4.79 Å². The standard InChI is InChI=1S/C7H8.2C2H4.CH4N2O/c1-7-5-3-2-4-6-7;2*1-2;2-1(3)4/h2-6H,1H3;2*1-2H2;(H4,2,3,4). The molecule has 0 aromatic heterocycles. The number of hydrogen-bond donors (Lipinski definition) is 2. The Bertz CT molecular complexity index is 229. The first kappa shape index (κ1) is 18.7. The van der Waals surface area contributed by atoms with Crippen LogP contribution in [0.15, 0.2) is 56.6 Å². The van der Waals surface area contributed by atoms with Gasteiger partial charge in [-0.2, -0.15) is 0 Å². The molecule has 0 aliphatic carbocycles. The Hall–Kier alpha value is -2.03. The van der Waals surface area contributed by atoms with Crippen LogP contribution in [0.5, 0.6) is 0 Å². The van der Waals surface area contributed by atoms with Gasteiger partial charge in [0, 0.05) is 0 Å². The molecule has 3 heteroatoms. The zero-order chi connectivity index (χ0) is 12.7. The molecule has 84 valence electrons. The predicted octanol–water partition coefficient (Wildman–Crippen LogP) is 2.62. The molecule has 0 aliphatic heterocycles. The lowest BCUT2D eigenvalue weighted by molar-refractivity contribution is 0.256. The van der Waals surface area contributed by atoms with Crippen LogP contribution in [-0.4, -0.2) is 6.03 Å². The monoisotopic (exact) mass is 208 g/mol. The Balaban J connectivity index is -0.000000156. The van der Waals surface area contributed by atoms with Gasteiger partial charge in [-0.3, -0.25) is 0 Å². The van der Waals surface area contributed by atoms with Crippen molar-refractivity contribution >= 4 is 6.03 Å². The van der Waals surface area contributed by atoms with Crippen LogP contribution < -0.4 is 11.5 Å². The van der Waals surface area contributed by atoms with E-state index in [4.69, 9.17) is 4.79 Å². The lowest BCUT2D eigenvalue weighted by atomic mass is 10.2. The van der Waals surface area contributed by atoms with Crippen LogP contribution in [0.4, 0.5) is 4.79 Å². The van der Waals surface area contributed by atoms with Gasteiger partial charge in [-0.25, -0.2) is 4.79 Å². The molecule has 0 bridgehead atoms. The molecule has 0 radical (unpaired) electrons. The number of aryl methyl sites for hydroxylation is 1. The third kappa shape index (κ3) is 33.4. The average Bonchev–Trinajstić information content (AvgIpc) is 2.24. The molecule has 4 N–H and O–H groups in total. The number of carbonyl (C=O) groups is 1. The Morgan fingerprint density at radius 2 is 1.27 bits per heavy atom. The molecule has 0 spiro atoms. The SMILES string of the molecule is C=C.C=C.Cc1ccccc1.NC(N)=O. The molecule has 1 rings (SSSR count). The summed E-state index contributed by atoms with van der Waals surface area (Å²) in [5.41, 5.74) is 9.82. The van der Waals surface area contributed by atoms with Gasteiger partial charge in [0.2, 0.25) is 0 Å². The molecule has 2 amide bonds. The Morgan fingerprint density at radius 3 is 1.40 bits per heavy atom. The van der Waals surface area contributed by atoms with Gasteiger partial charge in [0.05, 0.1) is 0 Å². The van der Waals surface area contributed by atoms with Crippen LogP contribution >= 0.6 is 0 Å². The third-order valence-corrected chi connectivity index (χ3v) is 0.940. The van der Waals surface area contributed by atoms with Crippen molar-refractivity contribution in [2.75, 3.05) is 0 Å². The van der Waals surface area contributed by atoms with Crippen LogP contribution in [0.1, 0.15) is 5.56 Å². The van der Waals surface area contributed by atoms with E-state index in [1.54, 1.807) is 0 Å². The minimum absolute atomic E-state index is 0.833. The van der Waals surface area contributed by atoms with E-state index in [2.05, 4.69) is 56.8 Å². The number of primary amides is 2. The van der Waals surface area contributed by atoms with Gasteiger partial charge in [0.25, 0.3) is 0 Å². The van der Waals surface area contributed by atoms with Crippen molar-refractivity contribution in [3.63, 3.8) is 0 Å². The molecule has 0 fully saturated rings. The Morgan fingerprint density at radius 1 is 1.00 bits per heavy atom. The van der Waals surface area contributed by atoms with Gasteiger partial charge in [-0.1, -0.05) is 35.9 Å². The van der Waals surface area contributed by atoms with Crippen molar-refractivity contribution in [3.05, 3.63) is 62.2 Å². The van der Waals surface area contributed by atoms with Crippen molar-refractivity contribution in [3.8, 4) is 0 Å². The summed E-state index contributed by atoms with van der Waals surface area (Å²) in [5, 5.41) is 0. The number of urea groups is 1. The summed E-state index contributed by atoms with van der Waals surface area (Å²) in [6.07, 6.45) is 0. The van der Waals surface area contributed by atoms with Crippen LogP contribution in [0.25, 0.3) is 0 Å². The quantitative estimate of drug-likeness (QED) is 0.632. The second kappa shape index (κ2) is 17.9. The van der Waals surface area contributed by atoms with Gasteiger partial charge in [-0.15, -0.1) is 26.3 Å². The van der Waals surface area contributed by atoms with Crippen molar-refractivity contribution in [1.82, 2.24) is 0 Å². The molecule has 1 aromatic carbocycles. The van der Waals surface area contributed by atoms with Gasteiger partial charge >= 0.3 is 6.03 Å². The average molecular weight is 208 g/mol. The van der Waals surface area contributed by atoms with E-state index in [1.165, 1.54) is 5.56 Å². The molecule has 15 heavy (non-hydrogen) atoms. The van der Waals surface area contributed by atoms with Crippen LogP contribution in [0.2, 0.25) is 0 Å². The topological polar surface area (TPSA) is 69.1 Å².